The second-order valence-corrected chi connectivity index (χ2v) is 7.83. The van der Waals surface area contributed by atoms with Gasteiger partial charge in [0.25, 0.3) is 11.1 Å². The van der Waals surface area contributed by atoms with Gasteiger partial charge < -0.3 is 9.32 Å². The highest BCUT2D eigenvalue weighted by atomic mass is 32.2. The van der Waals surface area contributed by atoms with Gasteiger partial charge in [0.15, 0.2) is 0 Å². The van der Waals surface area contributed by atoms with Gasteiger partial charge >= 0.3 is 0 Å². The molecule has 1 aromatic carbocycles. The molecule has 0 aliphatic heterocycles. The molecule has 3 rings (SSSR count). The Labute approximate surface area is 160 Å². The quantitative estimate of drug-likeness (QED) is 0.571. The van der Waals surface area contributed by atoms with Gasteiger partial charge in [-0.2, -0.15) is 0 Å². The standard InChI is InChI=1S/C18H20N4O2S2/c1-4-22(10-14-8-6-5-7-9-14)15(23)11-25-18-21-20-17(24-18)16-12(2)19-13(3)26-16/h5-9H,4,10-11H2,1-3H3. The van der Waals surface area contributed by atoms with Crippen LogP contribution in [0.5, 0.6) is 0 Å². The fourth-order valence-corrected chi connectivity index (χ4v) is 3.99. The number of hydrogen-bond acceptors (Lipinski definition) is 7. The Kier molecular flexibility index (Phi) is 6.05. The van der Waals surface area contributed by atoms with E-state index in [0.29, 0.717) is 24.2 Å². The van der Waals surface area contributed by atoms with E-state index in [2.05, 4.69) is 15.2 Å². The largest absolute Gasteiger partial charge is 0.410 e. The smallest absolute Gasteiger partial charge is 0.277 e. The Bertz CT molecular complexity index is 876. The summed E-state index contributed by atoms with van der Waals surface area (Å²) in [6, 6.07) is 9.97. The average Bonchev–Trinajstić information content (AvgIpc) is 3.24. The SMILES string of the molecule is CCN(Cc1ccccc1)C(=O)CSc1nnc(-c2sc(C)nc2C)o1. The number of nitrogens with zero attached hydrogens (tertiary/aromatic N) is 4. The molecule has 0 spiro atoms. The minimum Gasteiger partial charge on any atom is -0.410 e. The highest BCUT2D eigenvalue weighted by molar-refractivity contribution is 7.99. The van der Waals surface area contributed by atoms with Gasteiger partial charge in [0.05, 0.1) is 16.5 Å². The molecule has 26 heavy (non-hydrogen) atoms. The van der Waals surface area contributed by atoms with Crippen LogP contribution in [0.1, 0.15) is 23.2 Å². The first-order chi connectivity index (χ1) is 12.6. The summed E-state index contributed by atoms with van der Waals surface area (Å²) in [4.78, 5) is 19.6. The summed E-state index contributed by atoms with van der Waals surface area (Å²) in [5, 5.41) is 9.47. The monoisotopic (exact) mass is 388 g/mol. The van der Waals surface area contributed by atoms with Crippen LogP contribution in [0.15, 0.2) is 40.0 Å². The third kappa shape index (κ3) is 4.50. The van der Waals surface area contributed by atoms with Crippen LogP contribution < -0.4 is 0 Å². The van der Waals surface area contributed by atoms with Crippen LogP contribution in [0.3, 0.4) is 0 Å². The molecular weight excluding hydrogens is 368 g/mol. The topological polar surface area (TPSA) is 72.1 Å². The third-order valence-electron chi connectivity index (χ3n) is 3.77. The number of amides is 1. The lowest BCUT2D eigenvalue weighted by molar-refractivity contribution is -0.128. The first-order valence-electron chi connectivity index (χ1n) is 8.29. The van der Waals surface area contributed by atoms with Crippen LogP contribution in [-0.2, 0) is 11.3 Å². The molecule has 1 amide bonds. The fraction of sp³-hybridized carbons (Fsp3) is 0.333. The zero-order valence-corrected chi connectivity index (χ0v) is 16.6. The molecule has 0 saturated heterocycles. The summed E-state index contributed by atoms with van der Waals surface area (Å²) >= 11 is 2.79. The Hall–Kier alpha value is -2.19. The number of rotatable bonds is 7. The number of aryl methyl sites for hydroxylation is 2. The van der Waals surface area contributed by atoms with Crippen LogP contribution in [0.2, 0.25) is 0 Å². The number of thiazole rings is 1. The van der Waals surface area contributed by atoms with Gasteiger partial charge in [-0.1, -0.05) is 42.1 Å². The lowest BCUT2D eigenvalue weighted by Crippen LogP contribution is -2.31. The molecule has 0 bridgehead atoms. The van der Waals surface area contributed by atoms with Gasteiger partial charge in [-0.25, -0.2) is 4.98 Å². The molecular formula is C18H20N4O2S2. The van der Waals surface area contributed by atoms with Crippen molar-refractivity contribution in [2.75, 3.05) is 12.3 Å². The highest BCUT2D eigenvalue weighted by Crippen LogP contribution is 2.30. The molecule has 0 radical (unpaired) electrons. The van der Waals surface area contributed by atoms with E-state index in [0.717, 1.165) is 21.1 Å². The van der Waals surface area contributed by atoms with Crippen molar-refractivity contribution in [3.05, 3.63) is 46.6 Å². The molecule has 2 aromatic heterocycles. The van der Waals surface area contributed by atoms with Gasteiger partial charge in [0, 0.05) is 13.1 Å². The van der Waals surface area contributed by atoms with Crippen molar-refractivity contribution in [2.24, 2.45) is 0 Å². The molecule has 2 heterocycles. The lowest BCUT2D eigenvalue weighted by Gasteiger charge is -2.20. The minimum absolute atomic E-state index is 0.0471. The second-order valence-electron chi connectivity index (χ2n) is 5.70. The molecule has 0 fully saturated rings. The van der Waals surface area contributed by atoms with E-state index in [1.54, 1.807) is 0 Å². The van der Waals surface area contributed by atoms with Crippen LogP contribution in [0.25, 0.3) is 10.8 Å². The van der Waals surface area contributed by atoms with Gasteiger partial charge in [0.1, 0.15) is 4.88 Å². The maximum atomic E-state index is 12.5. The maximum Gasteiger partial charge on any atom is 0.277 e. The number of thioether (sulfide) groups is 1. The van der Waals surface area contributed by atoms with Crippen molar-refractivity contribution in [3.8, 4) is 10.8 Å². The molecule has 0 aliphatic carbocycles. The van der Waals surface area contributed by atoms with Gasteiger partial charge in [0.2, 0.25) is 5.91 Å². The van der Waals surface area contributed by atoms with Gasteiger partial charge in [-0.3, -0.25) is 4.79 Å². The first kappa shape index (κ1) is 18.6. The molecule has 0 saturated carbocycles. The minimum atomic E-state index is 0.0471. The normalized spacial score (nSPS) is 10.9. The van der Waals surface area contributed by atoms with Crippen LogP contribution in [-0.4, -0.2) is 38.3 Å². The summed E-state index contributed by atoms with van der Waals surface area (Å²) in [6.07, 6.45) is 0. The first-order valence-corrected chi connectivity index (χ1v) is 10.1. The van der Waals surface area contributed by atoms with Crippen LogP contribution in [0, 0.1) is 13.8 Å². The molecule has 136 valence electrons. The van der Waals surface area contributed by atoms with E-state index in [-0.39, 0.29) is 11.7 Å². The Balaban J connectivity index is 1.59. The van der Waals surface area contributed by atoms with E-state index in [1.807, 2.05) is 56.0 Å². The summed E-state index contributed by atoms with van der Waals surface area (Å²) in [6.45, 7) is 7.10. The number of aromatic nitrogens is 3. The zero-order chi connectivity index (χ0) is 18.5. The summed E-state index contributed by atoms with van der Waals surface area (Å²) < 4.78 is 5.69. The molecule has 0 N–H and O–H groups in total. The summed E-state index contributed by atoms with van der Waals surface area (Å²) in [5.41, 5.74) is 1.99. The summed E-state index contributed by atoms with van der Waals surface area (Å²) in [5.74, 6) is 0.772. The average molecular weight is 389 g/mol. The number of benzene rings is 1. The fourth-order valence-electron chi connectivity index (χ4n) is 2.48. The van der Waals surface area contributed by atoms with E-state index in [1.165, 1.54) is 23.1 Å². The number of carbonyl (C=O) groups is 1. The summed E-state index contributed by atoms with van der Waals surface area (Å²) in [7, 11) is 0. The van der Waals surface area contributed by atoms with Crippen LogP contribution in [0.4, 0.5) is 0 Å². The van der Waals surface area contributed by atoms with Crippen LogP contribution >= 0.6 is 23.1 Å². The van der Waals surface area contributed by atoms with Crippen molar-refractivity contribution in [3.63, 3.8) is 0 Å². The maximum absolute atomic E-state index is 12.5. The van der Waals surface area contributed by atoms with Crippen molar-refractivity contribution in [1.82, 2.24) is 20.1 Å². The van der Waals surface area contributed by atoms with Crippen molar-refractivity contribution >= 4 is 29.0 Å². The predicted octanol–water partition coefficient (Wildman–Crippen LogP) is 3.95. The lowest BCUT2D eigenvalue weighted by atomic mass is 10.2. The second kappa shape index (κ2) is 8.46. The molecule has 6 nitrogen and oxygen atoms in total. The molecule has 3 aromatic rings. The zero-order valence-electron chi connectivity index (χ0n) is 14.9. The number of carbonyl (C=O) groups excluding carboxylic acids is 1. The third-order valence-corrected chi connectivity index (χ3v) is 5.64. The van der Waals surface area contributed by atoms with Gasteiger partial charge in [-0.15, -0.1) is 21.5 Å². The predicted molar refractivity (Wildman–Crippen MR) is 103 cm³/mol. The molecule has 0 aliphatic rings. The molecule has 8 heteroatoms. The Morgan fingerprint density at radius 1 is 1.23 bits per heavy atom. The van der Waals surface area contributed by atoms with Gasteiger partial charge in [-0.05, 0) is 26.3 Å². The van der Waals surface area contributed by atoms with Crippen molar-refractivity contribution < 1.29 is 9.21 Å². The molecule has 0 unspecified atom stereocenters. The van der Waals surface area contributed by atoms with E-state index in [4.69, 9.17) is 4.42 Å². The van der Waals surface area contributed by atoms with Crippen molar-refractivity contribution in [2.45, 2.75) is 32.5 Å². The Morgan fingerprint density at radius 3 is 2.65 bits per heavy atom. The van der Waals surface area contributed by atoms with E-state index in [9.17, 15) is 4.79 Å². The molecule has 0 atom stereocenters. The van der Waals surface area contributed by atoms with E-state index < -0.39 is 0 Å². The van der Waals surface area contributed by atoms with Crippen molar-refractivity contribution in [1.29, 1.82) is 0 Å². The van der Waals surface area contributed by atoms with E-state index >= 15 is 0 Å². The highest BCUT2D eigenvalue weighted by Gasteiger charge is 2.18. The number of hydrogen-bond donors (Lipinski definition) is 0. The Morgan fingerprint density at radius 2 is 2.00 bits per heavy atom.